The number of guanidine groups is 1. The summed E-state index contributed by atoms with van der Waals surface area (Å²) >= 11 is 0. The third-order valence-electron chi connectivity index (χ3n) is 4.87. The number of hydrogen-bond donors (Lipinski definition) is 2. The normalized spacial score (nSPS) is 15.7. The maximum Gasteiger partial charge on any atom is 0.416 e. The Morgan fingerprint density at radius 1 is 1.28 bits per heavy atom. The summed E-state index contributed by atoms with van der Waals surface area (Å²) in [6.07, 6.45) is -2.08. The van der Waals surface area contributed by atoms with E-state index in [1.165, 1.54) is 6.07 Å². The first kappa shape index (κ1) is 28.5. The topological polar surface area (TPSA) is 48.9 Å². The van der Waals surface area contributed by atoms with Crippen LogP contribution < -0.4 is 10.6 Å². The van der Waals surface area contributed by atoms with Crippen LogP contribution >= 0.6 is 24.0 Å². The van der Waals surface area contributed by atoms with Gasteiger partial charge in [-0.1, -0.05) is 17.9 Å². The van der Waals surface area contributed by atoms with Crippen LogP contribution in [0.15, 0.2) is 29.3 Å². The maximum atomic E-state index is 12.8. The van der Waals surface area contributed by atoms with Gasteiger partial charge in [0.1, 0.15) is 6.54 Å². The third kappa shape index (κ3) is 10.9. The van der Waals surface area contributed by atoms with Crippen LogP contribution in [0.3, 0.4) is 0 Å². The summed E-state index contributed by atoms with van der Waals surface area (Å²) in [6.45, 7) is 10.7. The standard InChI is InChI=1S/C23H33F3N4O.HI/c1-4-27-22(29-21-10-13-30(14-11-21)15-16-31-18(2)3)28-12-6-8-19-7-5-9-20(17-19)23(24,25)26;/h5,7,9,17-18,21H,4,10-16H2,1-3H3,(H2,27,28,29);1H. The van der Waals surface area contributed by atoms with Crippen molar-refractivity contribution in [3.63, 3.8) is 0 Å². The fraction of sp³-hybridized carbons (Fsp3) is 0.609. The molecule has 32 heavy (non-hydrogen) atoms. The van der Waals surface area contributed by atoms with Crippen molar-refractivity contribution in [1.82, 2.24) is 15.5 Å². The Morgan fingerprint density at radius 3 is 2.62 bits per heavy atom. The van der Waals surface area contributed by atoms with Crippen LogP contribution in [-0.4, -0.2) is 62.3 Å². The molecule has 5 nitrogen and oxygen atoms in total. The van der Waals surface area contributed by atoms with Crippen LogP contribution in [0.5, 0.6) is 0 Å². The molecule has 0 spiro atoms. The molecule has 0 saturated carbocycles. The van der Waals surface area contributed by atoms with E-state index in [1.54, 1.807) is 6.07 Å². The van der Waals surface area contributed by atoms with Crippen LogP contribution in [0.25, 0.3) is 0 Å². The molecule has 0 atom stereocenters. The average Bonchev–Trinajstić information content (AvgIpc) is 2.72. The molecule has 1 aliphatic rings. The smallest absolute Gasteiger partial charge is 0.377 e. The molecule has 0 bridgehead atoms. The molecule has 2 N–H and O–H groups in total. The van der Waals surface area contributed by atoms with Crippen LogP contribution in [0.4, 0.5) is 13.2 Å². The van der Waals surface area contributed by atoms with Crippen LogP contribution in [0, 0.1) is 11.8 Å². The van der Waals surface area contributed by atoms with Gasteiger partial charge in [0, 0.05) is 37.8 Å². The van der Waals surface area contributed by atoms with E-state index in [0.29, 0.717) is 17.6 Å². The minimum Gasteiger partial charge on any atom is -0.377 e. The average molecular weight is 566 g/mol. The highest BCUT2D eigenvalue weighted by Crippen LogP contribution is 2.29. The zero-order valence-electron chi connectivity index (χ0n) is 19.0. The third-order valence-corrected chi connectivity index (χ3v) is 4.87. The van der Waals surface area contributed by atoms with Gasteiger partial charge in [0.05, 0.1) is 18.3 Å². The van der Waals surface area contributed by atoms with Crippen molar-refractivity contribution >= 4 is 29.9 Å². The largest absolute Gasteiger partial charge is 0.416 e. The SMILES string of the molecule is CCNC(=NCC#Cc1cccc(C(F)(F)F)c1)NC1CCN(CCOC(C)C)CC1.I. The van der Waals surface area contributed by atoms with Crippen molar-refractivity contribution in [1.29, 1.82) is 0 Å². The number of halogens is 4. The Hall–Kier alpha value is -1.51. The molecule has 0 amide bonds. The van der Waals surface area contributed by atoms with Crippen LogP contribution in [-0.2, 0) is 10.9 Å². The molecule has 1 fully saturated rings. The minimum absolute atomic E-state index is 0. The van der Waals surface area contributed by atoms with E-state index in [-0.39, 0.29) is 36.6 Å². The van der Waals surface area contributed by atoms with Crippen molar-refractivity contribution in [3.8, 4) is 11.8 Å². The maximum absolute atomic E-state index is 12.8. The molecule has 1 aromatic rings. The second kappa shape index (κ2) is 14.6. The van der Waals surface area contributed by atoms with Gasteiger partial charge in [0.25, 0.3) is 0 Å². The minimum atomic E-state index is -4.37. The highest BCUT2D eigenvalue weighted by molar-refractivity contribution is 14.0. The summed E-state index contributed by atoms with van der Waals surface area (Å²) in [4.78, 5) is 6.85. The van der Waals surface area contributed by atoms with Gasteiger partial charge in [0.2, 0.25) is 0 Å². The van der Waals surface area contributed by atoms with Crippen molar-refractivity contribution in [2.45, 2.75) is 51.9 Å². The molecular formula is C23H34F3IN4O. The van der Waals surface area contributed by atoms with Gasteiger partial charge in [-0.25, -0.2) is 4.99 Å². The number of rotatable bonds is 7. The fourth-order valence-electron chi connectivity index (χ4n) is 3.27. The Bertz CT molecular complexity index is 766. The Balaban J connectivity index is 0.00000512. The second-order valence-electron chi connectivity index (χ2n) is 7.76. The number of nitrogens with zero attached hydrogens (tertiary/aromatic N) is 2. The lowest BCUT2D eigenvalue weighted by Crippen LogP contribution is -2.49. The van der Waals surface area contributed by atoms with Gasteiger partial charge in [-0.3, -0.25) is 0 Å². The van der Waals surface area contributed by atoms with Gasteiger partial charge in [-0.05, 0) is 51.8 Å². The predicted octanol–water partition coefficient (Wildman–Crippen LogP) is 4.12. The highest BCUT2D eigenvalue weighted by Gasteiger charge is 2.30. The summed E-state index contributed by atoms with van der Waals surface area (Å²) in [5, 5.41) is 6.65. The molecule has 1 saturated heterocycles. The Morgan fingerprint density at radius 2 is 2.00 bits per heavy atom. The molecule has 1 heterocycles. The number of likely N-dealkylation sites (tertiary alicyclic amines) is 1. The molecule has 0 aromatic heterocycles. The van der Waals surface area contributed by atoms with Crippen LogP contribution in [0.1, 0.15) is 44.7 Å². The van der Waals surface area contributed by atoms with Gasteiger partial charge in [-0.2, -0.15) is 13.2 Å². The lowest BCUT2D eigenvalue weighted by Gasteiger charge is -2.33. The molecule has 1 aliphatic heterocycles. The van der Waals surface area contributed by atoms with Gasteiger partial charge >= 0.3 is 6.18 Å². The number of ether oxygens (including phenoxy) is 1. The van der Waals surface area contributed by atoms with E-state index in [1.807, 2.05) is 20.8 Å². The monoisotopic (exact) mass is 566 g/mol. The van der Waals surface area contributed by atoms with Crippen molar-refractivity contribution in [2.24, 2.45) is 4.99 Å². The molecule has 1 aromatic carbocycles. The van der Waals surface area contributed by atoms with E-state index >= 15 is 0 Å². The van der Waals surface area contributed by atoms with Crippen molar-refractivity contribution in [2.75, 3.05) is 39.3 Å². The highest BCUT2D eigenvalue weighted by atomic mass is 127. The molecule has 9 heteroatoms. The van der Waals surface area contributed by atoms with E-state index in [9.17, 15) is 13.2 Å². The first-order valence-electron chi connectivity index (χ1n) is 10.8. The van der Waals surface area contributed by atoms with Gasteiger partial charge < -0.3 is 20.3 Å². The molecular weight excluding hydrogens is 532 g/mol. The van der Waals surface area contributed by atoms with Gasteiger partial charge in [0.15, 0.2) is 5.96 Å². The fourth-order valence-corrected chi connectivity index (χ4v) is 3.27. The summed E-state index contributed by atoms with van der Waals surface area (Å²) in [6, 6.07) is 5.36. The summed E-state index contributed by atoms with van der Waals surface area (Å²) < 4.78 is 44.0. The lowest BCUT2D eigenvalue weighted by atomic mass is 10.1. The lowest BCUT2D eigenvalue weighted by molar-refractivity contribution is -0.137. The zero-order valence-corrected chi connectivity index (χ0v) is 21.3. The Labute approximate surface area is 206 Å². The molecule has 2 rings (SSSR count). The predicted molar refractivity (Wildman–Crippen MR) is 133 cm³/mol. The van der Waals surface area contributed by atoms with E-state index in [4.69, 9.17) is 4.74 Å². The summed E-state index contributed by atoms with van der Waals surface area (Å²) in [7, 11) is 0. The zero-order chi connectivity index (χ0) is 22.7. The second-order valence-corrected chi connectivity index (χ2v) is 7.76. The molecule has 180 valence electrons. The van der Waals surface area contributed by atoms with Crippen LogP contribution in [0.2, 0.25) is 0 Å². The first-order chi connectivity index (χ1) is 14.8. The van der Waals surface area contributed by atoms with Gasteiger partial charge in [-0.15, -0.1) is 24.0 Å². The number of nitrogens with one attached hydrogen (secondary N) is 2. The van der Waals surface area contributed by atoms with E-state index in [0.717, 1.165) is 57.8 Å². The number of piperidine rings is 1. The summed E-state index contributed by atoms with van der Waals surface area (Å²) in [5.41, 5.74) is -0.364. The van der Waals surface area contributed by atoms with Crippen molar-refractivity contribution < 1.29 is 17.9 Å². The van der Waals surface area contributed by atoms with E-state index in [2.05, 4.69) is 32.4 Å². The molecule has 0 aliphatic carbocycles. The number of benzene rings is 1. The summed E-state index contributed by atoms with van der Waals surface area (Å²) in [5.74, 6) is 6.28. The number of hydrogen-bond acceptors (Lipinski definition) is 3. The number of alkyl halides is 3. The first-order valence-corrected chi connectivity index (χ1v) is 10.8. The van der Waals surface area contributed by atoms with Crippen molar-refractivity contribution in [3.05, 3.63) is 35.4 Å². The molecule has 0 radical (unpaired) electrons. The number of aliphatic imine (C=N–C) groups is 1. The quantitative estimate of drug-likeness (QED) is 0.226. The van der Waals surface area contributed by atoms with E-state index < -0.39 is 11.7 Å². The molecule has 0 unspecified atom stereocenters. The Kier molecular flexibility index (Phi) is 13.0.